The molecule has 5 nitrogen and oxygen atoms in total. The average Bonchev–Trinajstić information content (AvgIpc) is 2.61. The van der Waals surface area contributed by atoms with Gasteiger partial charge in [-0.1, -0.05) is 30.3 Å². The molecule has 0 aromatic heterocycles. The fraction of sp³-hybridized carbons (Fsp3) is 0.250. The summed E-state index contributed by atoms with van der Waals surface area (Å²) in [6.45, 7) is 1.77. The van der Waals surface area contributed by atoms with Crippen molar-refractivity contribution in [1.82, 2.24) is 0 Å². The van der Waals surface area contributed by atoms with Crippen LogP contribution in [-0.4, -0.2) is 12.0 Å². The maximum atomic E-state index is 12.8. The summed E-state index contributed by atoms with van der Waals surface area (Å²) in [5.41, 5.74) is -0.636. The van der Waals surface area contributed by atoms with E-state index in [1.165, 1.54) is 18.2 Å². The molecular formula is C16H13ClF3NO4PS+. The summed E-state index contributed by atoms with van der Waals surface area (Å²) in [5, 5.41) is 11.1. The number of alkyl halides is 3. The standard InChI is InChI=1S/C16H13ClF3NO4PS/c1-3-9-6-12(21(22)23)13(26(24)25-2)8-15(9)27-14-5-4-10(7-11(14)17)16(18,19)20/h4-8H,3H2,1-2H3/q+1. The Kier molecular flexibility index (Phi) is 6.86. The van der Waals surface area contributed by atoms with E-state index < -0.39 is 24.7 Å². The van der Waals surface area contributed by atoms with Gasteiger partial charge in [-0.25, -0.2) is 0 Å². The van der Waals surface area contributed by atoms with Crippen LogP contribution in [0, 0.1) is 10.1 Å². The van der Waals surface area contributed by atoms with Crippen molar-refractivity contribution in [3.63, 3.8) is 0 Å². The third-order valence-corrected chi connectivity index (χ3v) is 6.26. The quantitative estimate of drug-likeness (QED) is 0.314. The molecule has 0 saturated heterocycles. The lowest BCUT2D eigenvalue weighted by Crippen LogP contribution is -2.08. The summed E-state index contributed by atoms with van der Waals surface area (Å²) < 4.78 is 55.1. The predicted octanol–water partition coefficient (Wildman–Crippen LogP) is 5.99. The average molecular weight is 439 g/mol. The first-order chi connectivity index (χ1) is 12.6. The first kappa shape index (κ1) is 21.6. The molecule has 0 aliphatic carbocycles. The SMILES string of the molecule is CCc1cc([N+](=O)[O-])c([P+](=O)OC)cc1Sc1ccc(C(F)(F)F)cc1Cl. The Labute approximate surface area is 162 Å². The normalized spacial score (nSPS) is 12.1. The molecule has 0 heterocycles. The number of hydrogen-bond acceptors (Lipinski definition) is 5. The van der Waals surface area contributed by atoms with Crippen LogP contribution in [0.3, 0.4) is 0 Å². The Morgan fingerprint density at radius 3 is 2.41 bits per heavy atom. The maximum absolute atomic E-state index is 12.8. The molecule has 0 bridgehead atoms. The van der Waals surface area contributed by atoms with Gasteiger partial charge in [0.15, 0.2) is 0 Å². The molecule has 1 atom stereocenters. The van der Waals surface area contributed by atoms with Gasteiger partial charge in [-0.2, -0.15) is 13.2 Å². The van der Waals surface area contributed by atoms with Gasteiger partial charge in [-0.15, -0.1) is 4.52 Å². The highest BCUT2D eigenvalue weighted by Crippen LogP contribution is 2.40. The van der Waals surface area contributed by atoms with E-state index in [1.807, 2.05) is 0 Å². The number of benzene rings is 2. The van der Waals surface area contributed by atoms with Gasteiger partial charge in [0, 0.05) is 21.9 Å². The van der Waals surface area contributed by atoms with E-state index in [2.05, 4.69) is 0 Å². The Hall–Kier alpha value is -1.67. The van der Waals surface area contributed by atoms with E-state index in [1.54, 1.807) is 6.92 Å². The molecule has 0 N–H and O–H groups in total. The summed E-state index contributed by atoms with van der Waals surface area (Å²) in [5.74, 6) is 0. The third kappa shape index (κ3) is 4.99. The molecule has 2 rings (SSSR count). The molecule has 0 saturated carbocycles. The topological polar surface area (TPSA) is 69.4 Å². The maximum Gasteiger partial charge on any atom is 0.555 e. The van der Waals surface area contributed by atoms with Crippen LogP contribution in [0.1, 0.15) is 18.1 Å². The van der Waals surface area contributed by atoms with Crippen molar-refractivity contribution >= 4 is 42.4 Å². The zero-order valence-corrected chi connectivity index (χ0v) is 16.5. The van der Waals surface area contributed by atoms with Gasteiger partial charge in [0.25, 0.3) is 0 Å². The number of nitrogens with zero attached hydrogens (tertiary/aromatic N) is 1. The van der Waals surface area contributed by atoms with Gasteiger partial charge in [-0.3, -0.25) is 10.1 Å². The van der Waals surface area contributed by atoms with Crippen LogP contribution in [-0.2, 0) is 21.7 Å². The monoisotopic (exact) mass is 438 g/mol. The van der Waals surface area contributed by atoms with E-state index in [9.17, 15) is 27.9 Å². The minimum atomic E-state index is -4.52. The van der Waals surface area contributed by atoms with Crippen molar-refractivity contribution in [2.24, 2.45) is 0 Å². The van der Waals surface area contributed by atoms with Gasteiger partial charge in [-0.05, 0) is 34.7 Å². The lowest BCUT2D eigenvalue weighted by molar-refractivity contribution is -0.383. The van der Waals surface area contributed by atoms with Gasteiger partial charge >= 0.3 is 25.2 Å². The van der Waals surface area contributed by atoms with Crippen LogP contribution in [0.15, 0.2) is 40.1 Å². The first-order valence-electron chi connectivity index (χ1n) is 7.45. The van der Waals surface area contributed by atoms with Gasteiger partial charge < -0.3 is 0 Å². The molecule has 0 spiro atoms. The van der Waals surface area contributed by atoms with Gasteiger partial charge in [0.1, 0.15) is 0 Å². The van der Waals surface area contributed by atoms with E-state index in [0.29, 0.717) is 21.8 Å². The van der Waals surface area contributed by atoms with Crippen LogP contribution >= 0.6 is 31.4 Å². The van der Waals surface area contributed by atoms with E-state index in [0.717, 1.165) is 31.0 Å². The smallest absolute Gasteiger partial charge is 0.258 e. The molecule has 2 aromatic carbocycles. The molecule has 0 aliphatic rings. The summed E-state index contributed by atoms with van der Waals surface area (Å²) >= 11 is 7.02. The van der Waals surface area contributed by atoms with Crippen molar-refractivity contribution in [2.75, 3.05) is 7.11 Å². The highest BCUT2D eigenvalue weighted by molar-refractivity contribution is 7.99. The molecular weight excluding hydrogens is 426 g/mol. The fourth-order valence-electron chi connectivity index (χ4n) is 2.24. The van der Waals surface area contributed by atoms with Gasteiger partial charge in [0.05, 0.1) is 22.6 Å². The summed E-state index contributed by atoms with van der Waals surface area (Å²) in [6.07, 6.45) is -4.09. The van der Waals surface area contributed by atoms with Crippen LogP contribution in [0.5, 0.6) is 0 Å². The largest absolute Gasteiger partial charge is 0.555 e. The molecule has 0 amide bonds. The molecule has 11 heteroatoms. The van der Waals surface area contributed by atoms with Crippen molar-refractivity contribution in [1.29, 1.82) is 0 Å². The van der Waals surface area contributed by atoms with Crippen LogP contribution in [0.25, 0.3) is 0 Å². The Morgan fingerprint density at radius 1 is 1.26 bits per heavy atom. The minimum absolute atomic E-state index is 0.0970. The molecule has 27 heavy (non-hydrogen) atoms. The third-order valence-electron chi connectivity index (χ3n) is 3.58. The lowest BCUT2D eigenvalue weighted by Gasteiger charge is -2.11. The number of aryl methyl sites for hydroxylation is 1. The van der Waals surface area contributed by atoms with E-state index >= 15 is 0 Å². The number of nitro groups is 1. The summed E-state index contributed by atoms with van der Waals surface area (Å²) in [7, 11) is -1.29. The highest BCUT2D eigenvalue weighted by Gasteiger charge is 2.34. The van der Waals surface area contributed by atoms with Crippen molar-refractivity contribution < 1.29 is 27.2 Å². The van der Waals surface area contributed by atoms with Crippen LogP contribution < -0.4 is 5.30 Å². The molecule has 144 valence electrons. The number of hydrogen-bond donors (Lipinski definition) is 0. The molecule has 1 unspecified atom stereocenters. The second-order valence-corrected chi connectivity index (χ2v) is 8.10. The second-order valence-electron chi connectivity index (χ2n) is 5.24. The Morgan fingerprint density at radius 2 is 1.93 bits per heavy atom. The zero-order valence-electron chi connectivity index (χ0n) is 14.0. The molecule has 0 fully saturated rings. The minimum Gasteiger partial charge on any atom is -0.258 e. The summed E-state index contributed by atoms with van der Waals surface area (Å²) in [6, 6.07) is 5.60. The highest BCUT2D eigenvalue weighted by atomic mass is 35.5. The zero-order chi connectivity index (χ0) is 20.4. The van der Waals surface area contributed by atoms with Crippen LogP contribution in [0.4, 0.5) is 18.9 Å². The fourth-order valence-corrected chi connectivity index (χ4v) is 4.43. The Balaban J connectivity index is 2.52. The lowest BCUT2D eigenvalue weighted by atomic mass is 10.1. The summed E-state index contributed by atoms with van der Waals surface area (Å²) in [4.78, 5) is 11.4. The number of nitro benzene ring substituents is 1. The second kappa shape index (κ2) is 8.56. The van der Waals surface area contributed by atoms with Crippen molar-refractivity contribution in [3.05, 3.63) is 56.6 Å². The molecule has 0 radical (unpaired) electrons. The van der Waals surface area contributed by atoms with Crippen molar-refractivity contribution in [2.45, 2.75) is 29.3 Å². The first-order valence-corrected chi connectivity index (χ1v) is 9.83. The number of rotatable bonds is 6. The molecule has 2 aromatic rings. The van der Waals surface area contributed by atoms with Crippen molar-refractivity contribution in [3.8, 4) is 0 Å². The number of halogens is 4. The van der Waals surface area contributed by atoms with Crippen LogP contribution in [0.2, 0.25) is 5.02 Å². The molecule has 0 aliphatic heterocycles. The Bertz CT molecular complexity index is 908. The van der Waals surface area contributed by atoms with Gasteiger partial charge in [0.2, 0.25) is 0 Å². The van der Waals surface area contributed by atoms with E-state index in [-0.39, 0.29) is 16.0 Å². The van der Waals surface area contributed by atoms with E-state index in [4.69, 9.17) is 16.1 Å². The predicted molar refractivity (Wildman–Crippen MR) is 97.3 cm³/mol.